The Morgan fingerprint density at radius 1 is 1.22 bits per heavy atom. The monoisotopic (exact) mass is 378 g/mol. The van der Waals surface area contributed by atoms with E-state index in [9.17, 15) is 4.79 Å². The number of nitrogens with zero attached hydrogens (tertiary/aromatic N) is 2. The lowest BCUT2D eigenvalue weighted by atomic mass is 9.99. The number of amides is 1. The molecular formula is C22H22N2O2S. The highest BCUT2D eigenvalue weighted by Crippen LogP contribution is 2.30. The molecule has 5 heteroatoms. The average Bonchev–Trinajstić information content (AvgIpc) is 3.10. The summed E-state index contributed by atoms with van der Waals surface area (Å²) in [4.78, 5) is 19.4. The minimum Gasteiger partial charge on any atom is -0.487 e. The van der Waals surface area contributed by atoms with Crippen molar-refractivity contribution in [3.05, 3.63) is 75.2 Å². The Balaban J connectivity index is 1.53. The molecule has 0 radical (unpaired) electrons. The van der Waals surface area contributed by atoms with Gasteiger partial charge in [-0.3, -0.25) is 4.79 Å². The van der Waals surface area contributed by atoms with Crippen LogP contribution in [0.3, 0.4) is 0 Å². The van der Waals surface area contributed by atoms with Crippen molar-refractivity contribution in [2.75, 3.05) is 11.4 Å². The van der Waals surface area contributed by atoms with Gasteiger partial charge < -0.3 is 9.64 Å². The van der Waals surface area contributed by atoms with Crippen molar-refractivity contribution in [3.8, 4) is 5.75 Å². The minimum atomic E-state index is 0.0229. The number of aryl methyl sites for hydroxylation is 3. The molecule has 3 aromatic rings. The summed E-state index contributed by atoms with van der Waals surface area (Å²) in [5, 5.41) is 3.02. The van der Waals surface area contributed by atoms with Crippen LogP contribution < -0.4 is 9.64 Å². The number of anilines is 1. The number of aromatic nitrogens is 1. The van der Waals surface area contributed by atoms with E-state index in [0.717, 1.165) is 35.8 Å². The van der Waals surface area contributed by atoms with E-state index in [0.29, 0.717) is 17.9 Å². The van der Waals surface area contributed by atoms with Gasteiger partial charge >= 0.3 is 0 Å². The second-order valence-electron chi connectivity index (χ2n) is 6.87. The van der Waals surface area contributed by atoms with Crippen LogP contribution in [0.5, 0.6) is 5.75 Å². The molecule has 1 aliphatic heterocycles. The number of fused-ring (bicyclic) bond motifs is 1. The smallest absolute Gasteiger partial charge is 0.258 e. The first kappa shape index (κ1) is 17.7. The van der Waals surface area contributed by atoms with Gasteiger partial charge in [-0.2, -0.15) is 0 Å². The maximum Gasteiger partial charge on any atom is 0.258 e. The molecule has 0 saturated carbocycles. The molecule has 138 valence electrons. The summed E-state index contributed by atoms with van der Waals surface area (Å²) in [6.07, 6.45) is 2.01. The molecule has 0 bridgehead atoms. The molecule has 0 N–H and O–H groups in total. The summed E-state index contributed by atoms with van der Waals surface area (Å²) in [6.45, 7) is 5.23. The molecule has 2 heterocycles. The lowest BCUT2D eigenvalue weighted by Gasteiger charge is -2.30. The maximum absolute atomic E-state index is 13.1. The van der Waals surface area contributed by atoms with Gasteiger partial charge in [-0.25, -0.2) is 4.98 Å². The lowest BCUT2D eigenvalue weighted by molar-refractivity contribution is 0.0984. The molecule has 0 unspecified atom stereocenters. The topological polar surface area (TPSA) is 42.4 Å². The summed E-state index contributed by atoms with van der Waals surface area (Å²) in [5.41, 5.74) is 5.07. The highest BCUT2D eigenvalue weighted by atomic mass is 32.1. The van der Waals surface area contributed by atoms with E-state index >= 15 is 0 Å². The molecule has 4 rings (SSSR count). The number of hydrogen-bond acceptors (Lipinski definition) is 4. The summed E-state index contributed by atoms with van der Waals surface area (Å²) >= 11 is 1.61. The molecule has 0 fully saturated rings. The molecule has 1 amide bonds. The first-order chi connectivity index (χ1) is 13.1. The van der Waals surface area contributed by atoms with Gasteiger partial charge in [0.15, 0.2) is 0 Å². The molecule has 1 aromatic heterocycles. The Bertz CT molecular complexity index is 980. The van der Waals surface area contributed by atoms with Gasteiger partial charge in [0, 0.05) is 23.2 Å². The minimum absolute atomic E-state index is 0.0229. The molecule has 2 aromatic carbocycles. The zero-order valence-electron chi connectivity index (χ0n) is 15.6. The summed E-state index contributed by atoms with van der Waals surface area (Å²) < 4.78 is 5.84. The third-order valence-corrected chi connectivity index (χ3v) is 5.56. The van der Waals surface area contributed by atoms with Gasteiger partial charge in [0.2, 0.25) is 0 Å². The van der Waals surface area contributed by atoms with E-state index in [2.05, 4.69) is 30.1 Å². The van der Waals surface area contributed by atoms with Gasteiger partial charge in [0.1, 0.15) is 12.4 Å². The molecule has 0 saturated heterocycles. The molecule has 27 heavy (non-hydrogen) atoms. The summed E-state index contributed by atoms with van der Waals surface area (Å²) in [5.74, 6) is 0.711. The predicted octanol–water partition coefficient (Wildman–Crippen LogP) is 4.93. The Morgan fingerprint density at radius 3 is 2.93 bits per heavy atom. The number of ether oxygens (including phenoxy) is 1. The van der Waals surface area contributed by atoms with Crippen LogP contribution in [-0.4, -0.2) is 17.4 Å². The fourth-order valence-corrected chi connectivity index (χ4v) is 4.04. The van der Waals surface area contributed by atoms with Crippen LogP contribution >= 0.6 is 11.3 Å². The first-order valence-electron chi connectivity index (χ1n) is 9.15. The van der Waals surface area contributed by atoms with Crippen molar-refractivity contribution in [1.82, 2.24) is 4.98 Å². The normalized spacial score (nSPS) is 13.3. The summed E-state index contributed by atoms with van der Waals surface area (Å²) in [7, 11) is 0. The van der Waals surface area contributed by atoms with Crippen molar-refractivity contribution in [2.45, 2.75) is 33.3 Å². The fourth-order valence-electron chi connectivity index (χ4n) is 3.44. The average molecular weight is 378 g/mol. The van der Waals surface area contributed by atoms with E-state index in [4.69, 9.17) is 4.74 Å². The van der Waals surface area contributed by atoms with E-state index in [1.165, 1.54) is 11.1 Å². The molecule has 0 spiro atoms. The molecule has 0 aliphatic carbocycles. The van der Waals surface area contributed by atoms with Crippen LogP contribution in [0.1, 0.15) is 38.6 Å². The fraction of sp³-hybridized carbons (Fsp3) is 0.273. The van der Waals surface area contributed by atoms with E-state index in [-0.39, 0.29) is 5.91 Å². The SMILES string of the molecule is Cc1ccc2c(c1)CCCN2C(=O)c1cccc(OCc2csc(C)n2)c1. The van der Waals surface area contributed by atoms with E-state index in [1.807, 2.05) is 41.5 Å². The van der Waals surface area contributed by atoms with Gasteiger partial charge in [0.05, 0.1) is 10.7 Å². The van der Waals surface area contributed by atoms with Crippen LogP contribution in [-0.2, 0) is 13.0 Å². The quantitative estimate of drug-likeness (QED) is 0.646. The van der Waals surface area contributed by atoms with Gasteiger partial charge in [-0.15, -0.1) is 11.3 Å². The van der Waals surface area contributed by atoms with Crippen molar-refractivity contribution < 1.29 is 9.53 Å². The van der Waals surface area contributed by atoms with Gasteiger partial charge in [-0.05, 0) is 56.5 Å². The maximum atomic E-state index is 13.1. The largest absolute Gasteiger partial charge is 0.487 e. The van der Waals surface area contributed by atoms with E-state index < -0.39 is 0 Å². The standard InChI is InChI=1S/C22H22N2O2S/c1-15-8-9-21-17(11-15)6-4-10-24(21)22(25)18-5-3-7-20(12-18)26-13-19-14-27-16(2)23-19/h3,5,7-9,11-12,14H,4,6,10,13H2,1-2H3. The number of benzene rings is 2. The number of hydrogen-bond donors (Lipinski definition) is 0. The zero-order valence-corrected chi connectivity index (χ0v) is 16.4. The second-order valence-corrected chi connectivity index (χ2v) is 7.93. The van der Waals surface area contributed by atoms with Crippen LogP contribution in [0.15, 0.2) is 47.8 Å². The third-order valence-electron chi connectivity index (χ3n) is 4.73. The second kappa shape index (κ2) is 7.53. The Hall–Kier alpha value is -2.66. The van der Waals surface area contributed by atoms with Gasteiger partial charge in [-0.1, -0.05) is 23.8 Å². The van der Waals surface area contributed by atoms with Crippen LogP contribution in [0.2, 0.25) is 0 Å². The highest BCUT2D eigenvalue weighted by molar-refractivity contribution is 7.09. The third kappa shape index (κ3) is 3.88. The van der Waals surface area contributed by atoms with Crippen LogP contribution in [0.4, 0.5) is 5.69 Å². The molecule has 4 nitrogen and oxygen atoms in total. The first-order valence-corrected chi connectivity index (χ1v) is 10.0. The Morgan fingerprint density at radius 2 is 2.11 bits per heavy atom. The van der Waals surface area contributed by atoms with Crippen molar-refractivity contribution >= 4 is 22.9 Å². The molecule has 1 aliphatic rings. The number of carbonyl (C=O) groups is 1. The van der Waals surface area contributed by atoms with Crippen molar-refractivity contribution in [1.29, 1.82) is 0 Å². The Kier molecular flexibility index (Phi) is 4.94. The Labute approximate surface area is 163 Å². The van der Waals surface area contributed by atoms with Gasteiger partial charge in [0.25, 0.3) is 5.91 Å². The van der Waals surface area contributed by atoms with E-state index in [1.54, 1.807) is 11.3 Å². The van der Waals surface area contributed by atoms with Crippen molar-refractivity contribution in [2.24, 2.45) is 0 Å². The predicted molar refractivity (Wildman–Crippen MR) is 109 cm³/mol. The number of carbonyl (C=O) groups excluding carboxylic acids is 1. The summed E-state index contributed by atoms with van der Waals surface area (Å²) in [6, 6.07) is 13.7. The lowest BCUT2D eigenvalue weighted by Crippen LogP contribution is -2.35. The van der Waals surface area contributed by atoms with Crippen LogP contribution in [0, 0.1) is 13.8 Å². The highest BCUT2D eigenvalue weighted by Gasteiger charge is 2.23. The zero-order chi connectivity index (χ0) is 18.8. The molecular weight excluding hydrogens is 356 g/mol. The number of thiazole rings is 1. The number of rotatable bonds is 4. The molecule has 0 atom stereocenters. The van der Waals surface area contributed by atoms with Crippen molar-refractivity contribution in [3.63, 3.8) is 0 Å². The van der Waals surface area contributed by atoms with Crippen LogP contribution in [0.25, 0.3) is 0 Å².